The third-order valence-corrected chi connectivity index (χ3v) is 2.46. The third-order valence-electron chi connectivity index (χ3n) is 2.46. The summed E-state index contributed by atoms with van der Waals surface area (Å²) >= 11 is 0. The van der Waals surface area contributed by atoms with Gasteiger partial charge in [-0.1, -0.05) is 30.3 Å². The first-order valence-electron chi connectivity index (χ1n) is 5.49. The predicted molar refractivity (Wildman–Crippen MR) is 64.8 cm³/mol. The van der Waals surface area contributed by atoms with E-state index in [0.29, 0.717) is 0 Å². The largest absolute Gasteiger partial charge is 0.479 e. The lowest BCUT2D eigenvalue weighted by Crippen LogP contribution is -2.49. The highest BCUT2D eigenvalue weighted by Crippen LogP contribution is 2.06. The molecule has 1 amide bonds. The Hall–Kier alpha value is -1.92. The summed E-state index contributed by atoms with van der Waals surface area (Å²) in [4.78, 5) is 22.0. The van der Waals surface area contributed by atoms with Crippen LogP contribution in [-0.2, 0) is 16.0 Å². The molecule has 2 atom stereocenters. The molecule has 6 heteroatoms. The highest BCUT2D eigenvalue weighted by molar-refractivity contribution is 5.80. The van der Waals surface area contributed by atoms with Crippen LogP contribution in [0.1, 0.15) is 5.56 Å². The van der Waals surface area contributed by atoms with Crippen LogP contribution in [0.25, 0.3) is 0 Å². The van der Waals surface area contributed by atoms with Crippen LogP contribution in [0.4, 0.5) is 0 Å². The van der Waals surface area contributed by atoms with Gasteiger partial charge in [-0.3, -0.25) is 4.79 Å². The second-order valence-corrected chi connectivity index (χ2v) is 3.85. The number of aliphatic hydroxyl groups excluding tert-OH is 1. The van der Waals surface area contributed by atoms with E-state index in [-0.39, 0.29) is 13.0 Å². The Morgan fingerprint density at radius 2 is 1.89 bits per heavy atom. The Kier molecular flexibility index (Phi) is 5.29. The van der Waals surface area contributed by atoms with Crippen molar-refractivity contribution in [1.29, 1.82) is 0 Å². The quantitative estimate of drug-likeness (QED) is 0.525. The van der Waals surface area contributed by atoms with Crippen LogP contribution in [0.15, 0.2) is 30.3 Å². The highest BCUT2D eigenvalue weighted by Gasteiger charge is 2.27. The number of benzene rings is 1. The topological polar surface area (TPSA) is 113 Å². The summed E-state index contributed by atoms with van der Waals surface area (Å²) in [6.45, 7) is -0.252. The molecule has 5 N–H and O–H groups in total. The summed E-state index contributed by atoms with van der Waals surface area (Å²) in [5, 5.41) is 20.7. The van der Waals surface area contributed by atoms with E-state index in [1.165, 1.54) is 0 Å². The first-order chi connectivity index (χ1) is 8.54. The smallest absolute Gasteiger partial charge is 0.334 e. The maximum atomic E-state index is 11.2. The number of nitrogens with one attached hydrogen (secondary N) is 1. The monoisotopic (exact) mass is 252 g/mol. The molecule has 0 aliphatic heterocycles. The van der Waals surface area contributed by atoms with Gasteiger partial charge in [0.05, 0.1) is 12.6 Å². The Morgan fingerprint density at radius 1 is 1.28 bits per heavy atom. The van der Waals surface area contributed by atoms with Gasteiger partial charge < -0.3 is 21.3 Å². The lowest BCUT2D eigenvalue weighted by Gasteiger charge is -2.21. The SMILES string of the molecule is NCC(=O)N[C@H](Cc1ccccc1)[C@H](O)C(=O)O. The van der Waals surface area contributed by atoms with Gasteiger partial charge in [0.25, 0.3) is 0 Å². The van der Waals surface area contributed by atoms with Crippen LogP contribution in [0, 0.1) is 0 Å². The average molecular weight is 252 g/mol. The average Bonchev–Trinajstić information content (AvgIpc) is 2.38. The van der Waals surface area contributed by atoms with Crippen molar-refractivity contribution in [3.05, 3.63) is 35.9 Å². The minimum atomic E-state index is -1.67. The van der Waals surface area contributed by atoms with Crippen molar-refractivity contribution < 1.29 is 19.8 Å². The predicted octanol–water partition coefficient (Wildman–Crippen LogP) is -0.882. The third kappa shape index (κ3) is 4.15. The molecular weight excluding hydrogens is 236 g/mol. The second kappa shape index (κ2) is 6.73. The van der Waals surface area contributed by atoms with E-state index in [1.54, 1.807) is 24.3 Å². The van der Waals surface area contributed by atoms with Gasteiger partial charge in [-0.25, -0.2) is 4.79 Å². The molecule has 0 fully saturated rings. The van der Waals surface area contributed by atoms with Gasteiger partial charge in [0.1, 0.15) is 0 Å². The standard InChI is InChI=1S/C12H16N2O4/c13-7-10(15)14-9(11(16)12(17)18)6-8-4-2-1-3-5-8/h1-5,9,11,16H,6-7,13H2,(H,14,15)(H,17,18)/t9-,11+/m1/s1. The van der Waals surface area contributed by atoms with E-state index in [2.05, 4.69) is 5.32 Å². The Bertz CT molecular complexity index is 408. The van der Waals surface area contributed by atoms with E-state index >= 15 is 0 Å². The molecule has 0 saturated heterocycles. The van der Waals surface area contributed by atoms with Crippen LogP contribution in [0.2, 0.25) is 0 Å². The van der Waals surface area contributed by atoms with Gasteiger partial charge in [-0.15, -0.1) is 0 Å². The molecule has 0 bridgehead atoms. The number of carboxylic acid groups (broad SMARTS) is 1. The summed E-state index contributed by atoms with van der Waals surface area (Å²) < 4.78 is 0. The minimum absolute atomic E-state index is 0.222. The van der Waals surface area contributed by atoms with Crippen LogP contribution in [-0.4, -0.2) is 40.8 Å². The first kappa shape index (κ1) is 14.1. The number of carboxylic acids is 1. The van der Waals surface area contributed by atoms with E-state index in [9.17, 15) is 14.7 Å². The molecule has 0 saturated carbocycles. The van der Waals surface area contributed by atoms with Crippen LogP contribution in [0.3, 0.4) is 0 Å². The van der Waals surface area contributed by atoms with Gasteiger partial charge in [0, 0.05) is 0 Å². The van der Waals surface area contributed by atoms with Crippen molar-refractivity contribution in [2.75, 3.05) is 6.54 Å². The lowest BCUT2D eigenvalue weighted by atomic mass is 10.0. The van der Waals surface area contributed by atoms with E-state index < -0.39 is 24.0 Å². The molecule has 1 rings (SSSR count). The van der Waals surface area contributed by atoms with Crippen molar-refractivity contribution in [1.82, 2.24) is 5.32 Å². The van der Waals surface area contributed by atoms with Gasteiger partial charge >= 0.3 is 5.97 Å². The lowest BCUT2D eigenvalue weighted by molar-refractivity contribution is -0.148. The number of rotatable bonds is 6. The molecule has 0 aliphatic carbocycles. The van der Waals surface area contributed by atoms with E-state index in [4.69, 9.17) is 10.8 Å². The number of amides is 1. The summed E-state index contributed by atoms with van der Waals surface area (Å²) in [5.74, 6) is -1.88. The fourth-order valence-electron chi connectivity index (χ4n) is 1.55. The van der Waals surface area contributed by atoms with E-state index in [1.807, 2.05) is 6.07 Å². The van der Waals surface area contributed by atoms with Crippen LogP contribution < -0.4 is 11.1 Å². The minimum Gasteiger partial charge on any atom is -0.479 e. The summed E-state index contributed by atoms with van der Waals surface area (Å²) in [6.07, 6.45) is -1.44. The number of aliphatic carboxylic acids is 1. The number of aliphatic hydroxyl groups is 1. The molecule has 0 unspecified atom stereocenters. The molecule has 0 heterocycles. The number of hydrogen-bond donors (Lipinski definition) is 4. The van der Waals surface area contributed by atoms with Gasteiger partial charge in [0.15, 0.2) is 6.10 Å². The molecule has 18 heavy (non-hydrogen) atoms. The van der Waals surface area contributed by atoms with Crippen molar-refractivity contribution in [3.63, 3.8) is 0 Å². The summed E-state index contributed by atoms with van der Waals surface area (Å²) in [6, 6.07) is 8.09. The maximum absolute atomic E-state index is 11.2. The van der Waals surface area contributed by atoms with Crippen molar-refractivity contribution >= 4 is 11.9 Å². The van der Waals surface area contributed by atoms with Crippen molar-refractivity contribution in [2.45, 2.75) is 18.6 Å². The number of carbonyl (C=O) groups is 2. The Balaban J connectivity index is 2.77. The molecule has 98 valence electrons. The summed E-state index contributed by atoms with van der Waals surface area (Å²) in [7, 11) is 0. The zero-order chi connectivity index (χ0) is 13.5. The zero-order valence-electron chi connectivity index (χ0n) is 9.74. The molecule has 0 aliphatic rings. The molecule has 0 aromatic heterocycles. The second-order valence-electron chi connectivity index (χ2n) is 3.85. The summed E-state index contributed by atoms with van der Waals surface area (Å²) in [5.41, 5.74) is 5.97. The van der Waals surface area contributed by atoms with Crippen molar-refractivity contribution in [3.8, 4) is 0 Å². The normalized spacial score (nSPS) is 13.7. The van der Waals surface area contributed by atoms with E-state index in [0.717, 1.165) is 5.56 Å². The molecule has 1 aromatic carbocycles. The van der Waals surface area contributed by atoms with Gasteiger partial charge in [0.2, 0.25) is 5.91 Å². The Morgan fingerprint density at radius 3 is 2.39 bits per heavy atom. The number of hydrogen-bond acceptors (Lipinski definition) is 4. The van der Waals surface area contributed by atoms with Crippen LogP contribution in [0.5, 0.6) is 0 Å². The fraction of sp³-hybridized carbons (Fsp3) is 0.333. The maximum Gasteiger partial charge on any atom is 0.334 e. The Labute approximate surface area is 104 Å². The fourth-order valence-corrected chi connectivity index (χ4v) is 1.55. The molecule has 0 radical (unpaired) electrons. The van der Waals surface area contributed by atoms with Gasteiger partial charge in [-0.2, -0.15) is 0 Å². The molecule has 0 spiro atoms. The zero-order valence-corrected chi connectivity index (χ0v) is 9.74. The molecular formula is C12H16N2O4. The number of nitrogens with two attached hydrogens (primary N) is 1. The molecule has 6 nitrogen and oxygen atoms in total. The molecule has 1 aromatic rings. The highest BCUT2D eigenvalue weighted by atomic mass is 16.4. The van der Waals surface area contributed by atoms with Crippen LogP contribution >= 0.6 is 0 Å². The van der Waals surface area contributed by atoms with Crippen molar-refractivity contribution in [2.24, 2.45) is 5.73 Å². The first-order valence-corrected chi connectivity index (χ1v) is 5.49. The van der Waals surface area contributed by atoms with Gasteiger partial charge in [-0.05, 0) is 12.0 Å². The number of carbonyl (C=O) groups excluding carboxylic acids is 1.